The number of aryl methyl sites for hydroxylation is 1. The number of hydrogen-bond donors (Lipinski definition) is 1. The van der Waals surface area contributed by atoms with Crippen LogP contribution in [0.5, 0.6) is 0 Å². The van der Waals surface area contributed by atoms with E-state index in [4.69, 9.17) is 18.2 Å². The van der Waals surface area contributed by atoms with Crippen LogP contribution >= 0.6 is 22.9 Å². The first-order valence-electron chi connectivity index (χ1n) is 12.5. The van der Waals surface area contributed by atoms with Crippen LogP contribution in [-0.4, -0.2) is 36.6 Å². The molecular formula is C30H21ClFN3O4S2. The molecule has 3 heterocycles. The van der Waals surface area contributed by atoms with Gasteiger partial charge >= 0.3 is 5.97 Å². The second-order valence-corrected chi connectivity index (χ2v) is 12.9. The fraction of sp³-hybridized carbons (Fsp3) is 0.133. The first kappa shape index (κ1) is 27.0. The Morgan fingerprint density at radius 1 is 1.12 bits per heavy atom. The second kappa shape index (κ2) is 10.0. The zero-order valence-corrected chi connectivity index (χ0v) is 23.9. The highest BCUT2D eigenvalue weighted by molar-refractivity contribution is 7.90. The molecule has 5 aromatic rings. The number of halogens is 2. The fourth-order valence-corrected chi connectivity index (χ4v) is 7.51. The predicted octanol–water partition coefficient (Wildman–Crippen LogP) is 7.45. The molecule has 206 valence electrons. The third-order valence-corrected chi connectivity index (χ3v) is 10.1. The molecule has 1 N–H and O–H groups in total. The summed E-state index contributed by atoms with van der Waals surface area (Å²) in [6.07, 6.45) is 0. The van der Waals surface area contributed by atoms with Crippen LogP contribution in [0.25, 0.3) is 38.1 Å². The minimum Gasteiger partial charge on any atom is -0.481 e. The molecule has 0 saturated carbocycles. The molecule has 0 amide bonds. The van der Waals surface area contributed by atoms with Crippen LogP contribution in [0.3, 0.4) is 0 Å². The van der Waals surface area contributed by atoms with Crippen LogP contribution in [0.15, 0.2) is 77.0 Å². The smallest absolute Gasteiger partial charge is 0.310 e. The van der Waals surface area contributed by atoms with Gasteiger partial charge in [0.2, 0.25) is 5.00 Å². The van der Waals surface area contributed by atoms with Gasteiger partial charge in [0.25, 0.3) is 10.0 Å². The normalized spacial score (nSPS) is 13.8. The van der Waals surface area contributed by atoms with Crippen molar-refractivity contribution < 1.29 is 22.7 Å². The van der Waals surface area contributed by atoms with Crippen molar-refractivity contribution in [2.45, 2.75) is 11.8 Å². The highest BCUT2D eigenvalue weighted by Crippen LogP contribution is 2.48. The van der Waals surface area contributed by atoms with Gasteiger partial charge in [0.05, 0.1) is 33.6 Å². The van der Waals surface area contributed by atoms with Crippen molar-refractivity contribution in [2.24, 2.45) is 5.92 Å². The van der Waals surface area contributed by atoms with Crippen LogP contribution in [0, 0.1) is 25.2 Å². The van der Waals surface area contributed by atoms with Gasteiger partial charge in [0.15, 0.2) is 0 Å². The van der Waals surface area contributed by atoms with Crippen molar-refractivity contribution in [1.82, 2.24) is 3.97 Å². The van der Waals surface area contributed by atoms with Crippen LogP contribution in [0.2, 0.25) is 5.02 Å². The molecule has 1 aliphatic rings. The Morgan fingerprint density at radius 2 is 1.85 bits per heavy atom. The van der Waals surface area contributed by atoms with Crippen molar-refractivity contribution in [3.63, 3.8) is 0 Å². The number of carboxylic acids is 1. The molecule has 0 aliphatic carbocycles. The van der Waals surface area contributed by atoms with Gasteiger partial charge in [-0.25, -0.2) is 21.6 Å². The second-order valence-electron chi connectivity index (χ2n) is 9.83. The van der Waals surface area contributed by atoms with E-state index < -0.39 is 27.7 Å². The molecule has 0 atom stereocenters. The largest absolute Gasteiger partial charge is 0.481 e. The minimum absolute atomic E-state index is 0.0344. The van der Waals surface area contributed by atoms with Gasteiger partial charge in [-0.05, 0) is 48.7 Å². The minimum atomic E-state index is -4.26. The lowest BCUT2D eigenvalue weighted by Crippen LogP contribution is -2.50. The van der Waals surface area contributed by atoms with E-state index in [9.17, 15) is 22.7 Å². The highest BCUT2D eigenvalue weighted by Gasteiger charge is 2.34. The molecule has 6 rings (SSSR count). The summed E-state index contributed by atoms with van der Waals surface area (Å²) in [7, 11) is -4.26. The molecule has 3 aromatic carbocycles. The molecule has 0 bridgehead atoms. The Balaban J connectivity index is 1.70. The van der Waals surface area contributed by atoms with Crippen LogP contribution in [-0.2, 0) is 14.8 Å². The van der Waals surface area contributed by atoms with E-state index in [1.807, 2.05) is 17.9 Å². The number of thiophene rings is 1. The highest BCUT2D eigenvalue weighted by atomic mass is 35.5. The number of carboxylic acid groups (broad SMARTS) is 1. The Kier molecular flexibility index (Phi) is 6.61. The van der Waals surface area contributed by atoms with E-state index in [0.29, 0.717) is 40.2 Å². The monoisotopic (exact) mass is 605 g/mol. The van der Waals surface area contributed by atoms with Crippen molar-refractivity contribution in [3.05, 3.63) is 99.9 Å². The topological polar surface area (TPSA) is 84.0 Å². The van der Waals surface area contributed by atoms with Crippen LogP contribution < -0.4 is 4.90 Å². The quantitative estimate of drug-likeness (QED) is 0.203. The number of rotatable bonds is 6. The summed E-state index contributed by atoms with van der Waals surface area (Å²) in [6.45, 7) is 10.2. The van der Waals surface area contributed by atoms with Crippen molar-refractivity contribution in [1.29, 1.82) is 0 Å². The number of hydrogen-bond acceptors (Lipinski definition) is 5. The van der Waals surface area contributed by atoms with E-state index >= 15 is 0 Å². The molecule has 41 heavy (non-hydrogen) atoms. The summed E-state index contributed by atoms with van der Waals surface area (Å²) in [5, 5.41) is 11.5. The van der Waals surface area contributed by atoms with Crippen LogP contribution in [0.4, 0.5) is 15.1 Å². The molecule has 0 spiro atoms. The fourth-order valence-electron chi connectivity index (χ4n) is 5.13. The first-order chi connectivity index (χ1) is 19.6. The van der Waals surface area contributed by atoms with Gasteiger partial charge in [-0.15, -0.1) is 0 Å². The number of aliphatic carboxylic acids is 1. The maximum atomic E-state index is 15.0. The van der Waals surface area contributed by atoms with Crippen LogP contribution in [0.1, 0.15) is 5.56 Å². The molecule has 1 fully saturated rings. The van der Waals surface area contributed by atoms with Crippen molar-refractivity contribution >= 4 is 60.5 Å². The summed E-state index contributed by atoms with van der Waals surface area (Å²) in [6, 6.07) is 17.8. The lowest BCUT2D eigenvalue weighted by molar-refractivity contribution is -0.142. The Hall–Kier alpha value is -4.17. The molecule has 11 heteroatoms. The number of aromatic nitrogens is 1. The molecule has 2 aromatic heterocycles. The van der Waals surface area contributed by atoms with Gasteiger partial charge in [0.1, 0.15) is 5.82 Å². The van der Waals surface area contributed by atoms with E-state index in [1.54, 1.807) is 41.8 Å². The third kappa shape index (κ3) is 4.47. The number of carbonyl (C=O) groups is 1. The van der Waals surface area contributed by atoms with E-state index in [2.05, 4.69) is 4.85 Å². The molecule has 7 nitrogen and oxygen atoms in total. The Morgan fingerprint density at radius 3 is 2.54 bits per heavy atom. The standard InChI is InChI=1S/C30H21ClFN3O4S2/c1-17-6-8-21(9-7-17)41(38,39)35-26-14-24(31)25(32)13-23(26)27(22-10-11-40-29(22)33-2)28(35)18-4-3-5-20(12-18)34-15-19(16-34)30(36)37/h3-14,19H,15-16H2,1H3,(H,36,37). The average Bonchev–Trinajstić information content (AvgIpc) is 3.50. The van der Waals surface area contributed by atoms with Gasteiger partial charge in [-0.1, -0.05) is 47.5 Å². The summed E-state index contributed by atoms with van der Waals surface area (Å²) in [4.78, 5) is 17.0. The molecule has 1 saturated heterocycles. The predicted molar refractivity (Wildman–Crippen MR) is 159 cm³/mol. The molecule has 0 radical (unpaired) electrons. The average molecular weight is 606 g/mol. The van der Waals surface area contributed by atoms with E-state index in [-0.39, 0.29) is 21.1 Å². The zero-order chi connectivity index (χ0) is 29.1. The SMILES string of the molecule is [C-]#[N+]c1sccc1-c1c(-c2cccc(N3CC(C(=O)O)C3)c2)n(S(=O)(=O)c2ccc(C)cc2)c2cc(Cl)c(F)cc12. The number of fused-ring (bicyclic) bond motifs is 1. The number of nitrogens with zero attached hydrogens (tertiary/aromatic N) is 3. The van der Waals surface area contributed by atoms with Gasteiger partial charge in [-0.3, -0.25) is 4.79 Å². The Labute approximate surface area is 244 Å². The van der Waals surface area contributed by atoms with E-state index in [0.717, 1.165) is 11.3 Å². The summed E-state index contributed by atoms with van der Waals surface area (Å²) in [5.41, 5.74) is 3.39. The summed E-state index contributed by atoms with van der Waals surface area (Å²) < 4.78 is 44.9. The van der Waals surface area contributed by atoms with Crippen molar-refractivity contribution in [2.75, 3.05) is 18.0 Å². The third-order valence-electron chi connectivity index (χ3n) is 7.26. The molecule has 1 aliphatic heterocycles. The van der Waals surface area contributed by atoms with Gasteiger partial charge < -0.3 is 10.0 Å². The maximum absolute atomic E-state index is 15.0. The molecule has 0 unspecified atom stereocenters. The molecular weight excluding hydrogens is 585 g/mol. The lowest BCUT2D eigenvalue weighted by atomic mass is 9.97. The number of benzene rings is 3. The maximum Gasteiger partial charge on any atom is 0.310 e. The van der Waals surface area contributed by atoms with Gasteiger partial charge in [-0.2, -0.15) is 11.3 Å². The lowest BCUT2D eigenvalue weighted by Gasteiger charge is -2.38. The van der Waals surface area contributed by atoms with Crippen molar-refractivity contribution in [3.8, 4) is 22.4 Å². The van der Waals surface area contributed by atoms with Gasteiger partial charge in [0, 0.05) is 40.9 Å². The zero-order valence-electron chi connectivity index (χ0n) is 21.5. The van der Waals surface area contributed by atoms with E-state index in [1.165, 1.54) is 39.6 Å². The summed E-state index contributed by atoms with van der Waals surface area (Å²) >= 11 is 7.42. The summed E-state index contributed by atoms with van der Waals surface area (Å²) in [5.74, 6) is -2.07. The Bertz CT molecular complexity index is 2000. The number of anilines is 1. The first-order valence-corrected chi connectivity index (χ1v) is 15.2.